The number of aryl methyl sites for hydroxylation is 1. The van der Waals surface area contributed by atoms with E-state index in [9.17, 15) is 9.59 Å². The van der Waals surface area contributed by atoms with E-state index in [-0.39, 0.29) is 23.0 Å². The normalized spacial score (nSPS) is 10.6. The van der Waals surface area contributed by atoms with Gasteiger partial charge in [-0.25, -0.2) is 14.8 Å². The van der Waals surface area contributed by atoms with E-state index in [1.165, 1.54) is 24.4 Å². The lowest BCUT2D eigenvalue weighted by Crippen LogP contribution is -2.22. The van der Waals surface area contributed by atoms with Gasteiger partial charge in [0.25, 0.3) is 5.91 Å². The molecule has 2 aromatic heterocycles. The molecule has 0 fully saturated rings. The summed E-state index contributed by atoms with van der Waals surface area (Å²) in [5.74, 6) is 0.460. The summed E-state index contributed by atoms with van der Waals surface area (Å²) in [6, 6.07) is 4.93. The molecule has 0 bridgehead atoms. The van der Waals surface area contributed by atoms with Crippen molar-refractivity contribution < 1.29 is 23.5 Å². The molecule has 0 spiro atoms. The Morgan fingerprint density at radius 3 is 2.50 bits per heavy atom. The fourth-order valence-electron chi connectivity index (χ4n) is 2.38. The van der Waals surface area contributed by atoms with Crippen molar-refractivity contribution in [2.75, 3.05) is 21.2 Å². The zero-order valence-electron chi connectivity index (χ0n) is 14.8. The van der Waals surface area contributed by atoms with Crippen LogP contribution in [0, 0.1) is 6.92 Å². The quantitative estimate of drug-likeness (QED) is 0.664. The van der Waals surface area contributed by atoms with Crippen LogP contribution in [0.1, 0.15) is 26.6 Å². The van der Waals surface area contributed by atoms with E-state index in [4.69, 9.17) is 13.9 Å². The van der Waals surface area contributed by atoms with E-state index < -0.39 is 5.97 Å². The first-order valence-electron chi connectivity index (χ1n) is 7.73. The lowest BCUT2D eigenvalue weighted by molar-refractivity contribution is 0.0600. The molecule has 0 aliphatic rings. The molecule has 1 amide bonds. The number of carbonyl (C=O) groups is 2. The molecule has 2 heterocycles. The third kappa shape index (κ3) is 3.34. The molecule has 0 atom stereocenters. The van der Waals surface area contributed by atoms with Crippen molar-refractivity contribution in [2.45, 2.75) is 6.92 Å². The van der Waals surface area contributed by atoms with E-state index in [1.54, 1.807) is 39.2 Å². The van der Waals surface area contributed by atoms with E-state index in [0.717, 1.165) is 0 Å². The van der Waals surface area contributed by atoms with Gasteiger partial charge in [0, 0.05) is 14.1 Å². The number of hydrogen-bond donors (Lipinski definition) is 0. The maximum Gasteiger partial charge on any atom is 0.338 e. The molecule has 8 heteroatoms. The number of furan rings is 1. The van der Waals surface area contributed by atoms with Crippen LogP contribution in [0.2, 0.25) is 0 Å². The van der Waals surface area contributed by atoms with Gasteiger partial charge in [-0.05, 0) is 25.1 Å². The van der Waals surface area contributed by atoms with Crippen LogP contribution in [-0.4, -0.2) is 47.9 Å². The van der Waals surface area contributed by atoms with Gasteiger partial charge < -0.3 is 18.8 Å². The highest BCUT2D eigenvalue weighted by atomic mass is 16.5. The molecule has 0 N–H and O–H groups in total. The molecule has 0 aliphatic heterocycles. The van der Waals surface area contributed by atoms with Crippen molar-refractivity contribution >= 4 is 22.8 Å². The third-order valence-corrected chi connectivity index (χ3v) is 3.61. The largest absolute Gasteiger partial charge is 0.465 e. The molecule has 0 saturated heterocycles. The van der Waals surface area contributed by atoms with Gasteiger partial charge in [0.05, 0.1) is 30.5 Å². The summed E-state index contributed by atoms with van der Waals surface area (Å²) in [5.41, 5.74) is 0.986. The van der Waals surface area contributed by atoms with Gasteiger partial charge in [0.1, 0.15) is 22.8 Å². The molecular weight excluding hydrogens is 338 g/mol. The number of esters is 1. The number of nitrogens with zero attached hydrogens (tertiary/aromatic N) is 3. The molecule has 0 unspecified atom stereocenters. The average molecular weight is 355 g/mol. The molecule has 8 nitrogen and oxygen atoms in total. The molecule has 0 radical (unpaired) electrons. The van der Waals surface area contributed by atoms with Gasteiger partial charge in [-0.2, -0.15) is 0 Å². The van der Waals surface area contributed by atoms with Crippen LogP contribution in [0.5, 0.6) is 11.6 Å². The Balaban J connectivity index is 1.97. The average Bonchev–Trinajstić information content (AvgIpc) is 3.01. The Morgan fingerprint density at radius 2 is 1.88 bits per heavy atom. The second kappa shape index (κ2) is 6.83. The standard InChI is InChI=1S/C18H17N3O5/c1-10-5-12-14(25-10)6-11(18(23)24-4)7-15(12)26-16-9-19-13(8-20-16)17(22)21(2)3/h5-9H,1-4H3. The van der Waals surface area contributed by atoms with Crippen LogP contribution < -0.4 is 4.74 Å². The van der Waals surface area contributed by atoms with Crippen LogP contribution in [0.25, 0.3) is 11.0 Å². The minimum atomic E-state index is -0.510. The lowest BCUT2D eigenvalue weighted by Gasteiger charge is -2.10. The van der Waals surface area contributed by atoms with Crippen molar-refractivity contribution in [2.24, 2.45) is 0 Å². The minimum Gasteiger partial charge on any atom is -0.465 e. The Bertz CT molecular complexity index is 976. The predicted molar refractivity (Wildman–Crippen MR) is 92.4 cm³/mol. The van der Waals surface area contributed by atoms with Crippen LogP contribution >= 0.6 is 0 Å². The molecular formula is C18H17N3O5. The second-order valence-electron chi connectivity index (χ2n) is 5.78. The predicted octanol–water partition coefficient (Wildman–Crippen LogP) is 2.81. The molecule has 3 rings (SSSR count). The van der Waals surface area contributed by atoms with Gasteiger partial charge >= 0.3 is 5.97 Å². The first-order valence-corrected chi connectivity index (χ1v) is 7.73. The number of benzene rings is 1. The van der Waals surface area contributed by atoms with Gasteiger partial charge in [0.2, 0.25) is 5.88 Å². The highest BCUT2D eigenvalue weighted by Gasteiger charge is 2.16. The number of fused-ring (bicyclic) bond motifs is 1. The Labute approximate surface area is 149 Å². The van der Waals surface area contributed by atoms with Crippen LogP contribution in [0.15, 0.2) is 35.0 Å². The molecule has 1 aromatic carbocycles. The van der Waals surface area contributed by atoms with Gasteiger partial charge in [0.15, 0.2) is 0 Å². The molecule has 134 valence electrons. The van der Waals surface area contributed by atoms with E-state index in [0.29, 0.717) is 22.5 Å². The third-order valence-electron chi connectivity index (χ3n) is 3.61. The number of rotatable bonds is 4. The van der Waals surface area contributed by atoms with Gasteiger partial charge in [-0.3, -0.25) is 4.79 Å². The number of carbonyl (C=O) groups excluding carboxylic acids is 2. The van der Waals surface area contributed by atoms with E-state index in [2.05, 4.69) is 9.97 Å². The molecule has 0 aliphatic carbocycles. The lowest BCUT2D eigenvalue weighted by atomic mass is 10.1. The molecule has 3 aromatic rings. The van der Waals surface area contributed by atoms with Crippen molar-refractivity contribution in [3.63, 3.8) is 0 Å². The topological polar surface area (TPSA) is 94.8 Å². The van der Waals surface area contributed by atoms with Crippen molar-refractivity contribution in [3.05, 3.63) is 47.6 Å². The zero-order valence-corrected chi connectivity index (χ0v) is 14.8. The Kier molecular flexibility index (Phi) is 4.57. The first kappa shape index (κ1) is 17.4. The van der Waals surface area contributed by atoms with E-state index >= 15 is 0 Å². The van der Waals surface area contributed by atoms with Gasteiger partial charge in [-0.15, -0.1) is 0 Å². The number of hydrogen-bond acceptors (Lipinski definition) is 7. The maximum absolute atomic E-state index is 11.9. The van der Waals surface area contributed by atoms with E-state index in [1.807, 2.05) is 0 Å². The molecule has 0 saturated carbocycles. The minimum absolute atomic E-state index is 0.183. The van der Waals surface area contributed by atoms with Crippen LogP contribution in [0.4, 0.5) is 0 Å². The highest BCUT2D eigenvalue weighted by molar-refractivity contribution is 5.97. The fraction of sp³-hybridized carbons (Fsp3) is 0.222. The van der Waals surface area contributed by atoms with Gasteiger partial charge in [-0.1, -0.05) is 0 Å². The Hall–Kier alpha value is -3.42. The summed E-state index contributed by atoms with van der Waals surface area (Å²) in [6.45, 7) is 1.79. The zero-order chi connectivity index (χ0) is 18.8. The maximum atomic E-state index is 11.9. The summed E-state index contributed by atoms with van der Waals surface area (Å²) in [6.07, 6.45) is 2.68. The van der Waals surface area contributed by atoms with Crippen LogP contribution in [0.3, 0.4) is 0 Å². The number of aromatic nitrogens is 2. The van der Waals surface area contributed by atoms with Crippen molar-refractivity contribution in [1.82, 2.24) is 14.9 Å². The SMILES string of the molecule is COC(=O)c1cc(Oc2cnc(C(=O)N(C)C)cn2)c2cc(C)oc2c1. The number of ether oxygens (including phenoxy) is 2. The summed E-state index contributed by atoms with van der Waals surface area (Å²) in [5, 5.41) is 0.686. The van der Waals surface area contributed by atoms with Crippen LogP contribution in [-0.2, 0) is 4.74 Å². The first-order chi connectivity index (χ1) is 12.4. The highest BCUT2D eigenvalue weighted by Crippen LogP contribution is 2.33. The summed E-state index contributed by atoms with van der Waals surface area (Å²) >= 11 is 0. The molecule has 26 heavy (non-hydrogen) atoms. The smallest absolute Gasteiger partial charge is 0.338 e. The Morgan fingerprint density at radius 1 is 1.12 bits per heavy atom. The van der Waals surface area contributed by atoms with Crippen molar-refractivity contribution in [3.8, 4) is 11.6 Å². The summed E-state index contributed by atoms with van der Waals surface area (Å²) < 4.78 is 16.1. The number of amides is 1. The fourth-order valence-corrected chi connectivity index (χ4v) is 2.38. The summed E-state index contributed by atoms with van der Waals surface area (Å²) in [7, 11) is 4.56. The number of methoxy groups -OCH3 is 1. The summed E-state index contributed by atoms with van der Waals surface area (Å²) in [4.78, 5) is 33.3. The van der Waals surface area contributed by atoms with Crippen molar-refractivity contribution in [1.29, 1.82) is 0 Å². The monoisotopic (exact) mass is 355 g/mol. The second-order valence-corrected chi connectivity index (χ2v) is 5.78.